The first kappa shape index (κ1) is 22.7. The average molecular weight is 454 g/mol. The van der Waals surface area contributed by atoms with E-state index in [1.54, 1.807) is 47.9 Å². The van der Waals surface area contributed by atoms with Gasteiger partial charge >= 0.3 is 5.69 Å². The van der Waals surface area contributed by atoms with E-state index < -0.39 is 11.6 Å². The number of rotatable bonds is 7. The summed E-state index contributed by atoms with van der Waals surface area (Å²) in [5.41, 5.74) is 4.03. The van der Waals surface area contributed by atoms with Crippen LogP contribution in [-0.2, 0) is 30.7 Å². The average Bonchev–Trinajstić information content (AvgIpc) is 2.87. The standard InChI is InChI=1S/C26H22N4O4/c1-27-21-11-12-22-23(16-21)30(17-20-9-7-19(8-10-20)15-24(31)28-34)26(33)29(25(22)32)14-13-18-5-3-2-4-6-18/h2-12,16,34H,13-15,17H2,(H,28,31). The molecule has 0 saturated carbocycles. The van der Waals surface area contributed by atoms with Crippen LogP contribution in [0.3, 0.4) is 0 Å². The molecule has 3 aromatic carbocycles. The number of fused-ring (bicyclic) bond motifs is 1. The number of aryl methyl sites for hydroxylation is 1. The van der Waals surface area contributed by atoms with Crippen LogP contribution < -0.4 is 16.7 Å². The number of carbonyl (C=O) groups excluding carboxylic acids is 1. The molecular weight excluding hydrogens is 432 g/mol. The highest BCUT2D eigenvalue weighted by atomic mass is 16.5. The van der Waals surface area contributed by atoms with Gasteiger partial charge in [-0.25, -0.2) is 15.1 Å². The highest BCUT2D eigenvalue weighted by molar-refractivity contribution is 5.82. The lowest BCUT2D eigenvalue weighted by Crippen LogP contribution is -2.40. The first-order chi connectivity index (χ1) is 16.5. The third-order valence-corrected chi connectivity index (χ3v) is 5.66. The maximum atomic E-state index is 13.4. The molecule has 0 aliphatic rings. The molecule has 0 aliphatic carbocycles. The van der Waals surface area contributed by atoms with Crippen molar-refractivity contribution in [3.63, 3.8) is 0 Å². The summed E-state index contributed by atoms with van der Waals surface area (Å²) in [5, 5.41) is 9.07. The summed E-state index contributed by atoms with van der Waals surface area (Å²) in [6, 6.07) is 21.4. The van der Waals surface area contributed by atoms with E-state index in [2.05, 4.69) is 4.85 Å². The summed E-state index contributed by atoms with van der Waals surface area (Å²) in [7, 11) is 0. The number of nitrogens with zero attached hydrogens (tertiary/aromatic N) is 3. The summed E-state index contributed by atoms with van der Waals surface area (Å²) < 4.78 is 2.75. The molecule has 1 heterocycles. The molecule has 34 heavy (non-hydrogen) atoms. The summed E-state index contributed by atoms with van der Waals surface area (Å²) in [4.78, 5) is 41.4. The van der Waals surface area contributed by atoms with Crippen molar-refractivity contribution in [2.75, 3.05) is 0 Å². The Balaban J connectivity index is 1.76. The van der Waals surface area contributed by atoms with Gasteiger partial charge in [-0.3, -0.25) is 23.9 Å². The number of hydrogen-bond acceptors (Lipinski definition) is 4. The predicted octanol–water partition coefficient (Wildman–Crippen LogP) is 3.05. The topological polar surface area (TPSA) is 97.7 Å². The van der Waals surface area contributed by atoms with Gasteiger partial charge in [0.25, 0.3) is 5.56 Å². The van der Waals surface area contributed by atoms with Crippen LogP contribution in [0.15, 0.2) is 82.4 Å². The molecule has 4 rings (SSSR count). The second kappa shape index (κ2) is 9.98. The van der Waals surface area contributed by atoms with Crippen molar-refractivity contribution in [1.29, 1.82) is 0 Å². The van der Waals surface area contributed by atoms with Gasteiger partial charge in [-0.15, -0.1) is 0 Å². The van der Waals surface area contributed by atoms with Crippen molar-refractivity contribution in [3.05, 3.63) is 122 Å². The molecule has 0 bridgehead atoms. The van der Waals surface area contributed by atoms with Crippen LogP contribution in [-0.4, -0.2) is 20.2 Å². The molecule has 0 aliphatic heterocycles. The lowest BCUT2D eigenvalue weighted by molar-refractivity contribution is -0.128. The molecule has 2 N–H and O–H groups in total. The Kier molecular flexibility index (Phi) is 6.67. The summed E-state index contributed by atoms with van der Waals surface area (Å²) in [6.07, 6.45) is 0.557. The van der Waals surface area contributed by atoms with Gasteiger partial charge in [0.1, 0.15) is 0 Å². The second-order valence-corrected chi connectivity index (χ2v) is 7.90. The molecule has 1 amide bonds. The minimum atomic E-state index is -0.521. The predicted molar refractivity (Wildman–Crippen MR) is 128 cm³/mol. The van der Waals surface area contributed by atoms with Crippen LogP contribution in [0.2, 0.25) is 0 Å². The van der Waals surface area contributed by atoms with E-state index in [9.17, 15) is 14.4 Å². The Morgan fingerprint density at radius 2 is 1.62 bits per heavy atom. The molecule has 8 heteroatoms. The first-order valence-corrected chi connectivity index (χ1v) is 10.7. The molecule has 8 nitrogen and oxygen atoms in total. The van der Waals surface area contributed by atoms with E-state index in [4.69, 9.17) is 11.8 Å². The Morgan fingerprint density at radius 3 is 2.29 bits per heavy atom. The summed E-state index contributed by atoms with van der Waals surface area (Å²) >= 11 is 0. The van der Waals surface area contributed by atoms with Crippen molar-refractivity contribution in [1.82, 2.24) is 14.6 Å². The first-order valence-electron chi connectivity index (χ1n) is 10.7. The highest BCUT2D eigenvalue weighted by Crippen LogP contribution is 2.19. The summed E-state index contributed by atoms with van der Waals surface area (Å²) in [5.74, 6) is -0.521. The summed E-state index contributed by atoms with van der Waals surface area (Å²) in [6.45, 7) is 7.74. The normalized spacial score (nSPS) is 10.7. The van der Waals surface area contributed by atoms with Gasteiger partial charge in [-0.2, -0.15) is 0 Å². The zero-order chi connectivity index (χ0) is 24.1. The number of nitrogens with one attached hydrogen (secondary N) is 1. The molecule has 0 radical (unpaired) electrons. The number of hydroxylamine groups is 1. The van der Waals surface area contributed by atoms with Gasteiger partial charge in [0, 0.05) is 12.1 Å². The van der Waals surface area contributed by atoms with E-state index in [0.29, 0.717) is 28.6 Å². The van der Waals surface area contributed by atoms with E-state index in [0.717, 1.165) is 11.1 Å². The van der Waals surface area contributed by atoms with Gasteiger partial charge in [0.05, 0.1) is 24.9 Å². The van der Waals surface area contributed by atoms with E-state index in [1.807, 2.05) is 30.3 Å². The van der Waals surface area contributed by atoms with Crippen LogP contribution in [0.1, 0.15) is 16.7 Å². The minimum absolute atomic E-state index is 0.0262. The Labute approximate surface area is 195 Å². The molecule has 0 fully saturated rings. The molecule has 0 unspecified atom stereocenters. The number of aromatic nitrogens is 2. The molecule has 1 aromatic heterocycles. The Hall–Kier alpha value is -4.48. The molecule has 170 valence electrons. The van der Waals surface area contributed by atoms with Crippen molar-refractivity contribution in [3.8, 4) is 0 Å². The zero-order valence-corrected chi connectivity index (χ0v) is 18.3. The quantitative estimate of drug-likeness (QED) is 0.255. The van der Waals surface area contributed by atoms with Crippen LogP contribution in [0.25, 0.3) is 15.7 Å². The minimum Gasteiger partial charge on any atom is -0.290 e. The number of benzene rings is 3. The fourth-order valence-corrected chi connectivity index (χ4v) is 3.88. The molecule has 4 aromatic rings. The van der Waals surface area contributed by atoms with Gasteiger partial charge in [0.2, 0.25) is 5.91 Å². The largest absolute Gasteiger partial charge is 0.331 e. The molecule has 0 spiro atoms. The maximum absolute atomic E-state index is 13.4. The number of carbonyl (C=O) groups is 1. The fourth-order valence-electron chi connectivity index (χ4n) is 3.88. The SMILES string of the molecule is [C-]#[N+]c1ccc2c(=O)n(CCc3ccccc3)c(=O)n(Cc3ccc(CC(=O)NO)cc3)c2c1. The highest BCUT2D eigenvalue weighted by Gasteiger charge is 2.14. The van der Waals surface area contributed by atoms with E-state index in [-0.39, 0.29) is 25.1 Å². The third-order valence-electron chi connectivity index (χ3n) is 5.66. The van der Waals surface area contributed by atoms with E-state index >= 15 is 0 Å². The molecule has 0 atom stereocenters. The second-order valence-electron chi connectivity index (χ2n) is 7.90. The number of amides is 1. The smallest absolute Gasteiger partial charge is 0.290 e. The van der Waals surface area contributed by atoms with Crippen LogP contribution in [0.5, 0.6) is 0 Å². The van der Waals surface area contributed by atoms with Crippen LogP contribution in [0.4, 0.5) is 5.69 Å². The fraction of sp³-hybridized carbons (Fsp3) is 0.154. The maximum Gasteiger partial charge on any atom is 0.331 e. The van der Waals surface area contributed by atoms with Crippen LogP contribution >= 0.6 is 0 Å². The lowest BCUT2D eigenvalue weighted by Gasteiger charge is -2.15. The number of hydrogen-bond donors (Lipinski definition) is 2. The van der Waals surface area contributed by atoms with Crippen molar-refractivity contribution < 1.29 is 10.0 Å². The Bertz CT molecular complexity index is 1500. The third kappa shape index (κ3) is 4.80. The van der Waals surface area contributed by atoms with Crippen molar-refractivity contribution in [2.24, 2.45) is 0 Å². The lowest BCUT2D eigenvalue weighted by atomic mass is 10.1. The molecule has 0 saturated heterocycles. The molecular formula is C26H22N4O4. The monoisotopic (exact) mass is 454 g/mol. The van der Waals surface area contributed by atoms with Crippen molar-refractivity contribution in [2.45, 2.75) is 25.9 Å². The van der Waals surface area contributed by atoms with Gasteiger partial charge < -0.3 is 0 Å². The van der Waals surface area contributed by atoms with Gasteiger partial charge in [0.15, 0.2) is 5.69 Å². The zero-order valence-electron chi connectivity index (χ0n) is 18.3. The van der Waals surface area contributed by atoms with E-state index in [1.165, 1.54) is 9.13 Å². The van der Waals surface area contributed by atoms with Crippen LogP contribution in [0, 0.1) is 6.57 Å². The van der Waals surface area contributed by atoms with Gasteiger partial charge in [-0.05, 0) is 29.2 Å². The Morgan fingerprint density at radius 1 is 0.912 bits per heavy atom. The van der Waals surface area contributed by atoms with Gasteiger partial charge in [-0.1, -0.05) is 66.7 Å². The van der Waals surface area contributed by atoms with Crippen molar-refractivity contribution >= 4 is 22.5 Å².